The molecule has 0 spiro atoms. The summed E-state index contributed by atoms with van der Waals surface area (Å²) in [6.45, 7) is 2.59. The Bertz CT molecular complexity index is 912. The average Bonchev–Trinajstić information content (AvgIpc) is 2.72. The summed E-state index contributed by atoms with van der Waals surface area (Å²) in [6.07, 6.45) is 4.81. The Morgan fingerprint density at radius 2 is 1.89 bits per heavy atom. The minimum Gasteiger partial charge on any atom is -0.495 e. The van der Waals surface area contributed by atoms with Gasteiger partial charge in [0.15, 0.2) is 0 Å². The molecule has 6 nitrogen and oxygen atoms in total. The minimum atomic E-state index is -0.222. The van der Waals surface area contributed by atoms with E-state index < -0.39 is 0 Å². The molecule has 0 saturated heterocycles. The summed E-state index contributed by atoms with van der Waals surface area (Å²) in [7, 11) is 1.62. The standard InChI is InChI=1S/C22H24N4O2/c1-16-10-11-20(28-2)18(13-16)26-21-15-24-19(14-25-21)22(27)23-12-6-9-17-7-4-3-5-8-17/h3-5,7-8,10-11,13-15H,6,9,12H2,1-2H3,(H,23,27)(H,25,26). The van der Waals surface area contributed by atoms with Gasteiger partial charge in [-0.15, -0.1) is 0 Å². The number of benzene rings is 2. The summed E-state index contributed by atoms with van der Waals surface area (Å²) in [5, 5.41) is 6.05. The van der Waals surface area contributed by atoms with E-state index in [1.54, 1.807) is 13.3 Å². The minimum absolute atomic E-state index is 0.222. The second-order valence-electron chi connectivity index (χ2n) is 6.46. The molecule has 0 saturated carbocycles. The summed E-state index contributed by atoms with van der Waals surface area (Å²) < 4.78 is 5.35. The molecule has 0 radical (unpaired) electrons. The number of nitrogens with zero attached hydrogens (tertiary/aromatic N) is 2. The van der Waals surface area contributed by atoms with Crippen LogP contribution in [0.15, 0.2) is 60.9 Å². The van der Waals surface area contributed by atoms with Gasteiger partial charge in [-0.1, -0.05) is 36.4 Å². The molecule has 6 heteroatoms. The van der Waals surface area contributed by atoms with Crippen molar-refractivity contribution in [3.8, 4) is 5.75 Å². The SMILES string of the molecule is COc1ccc(C)cc1Nc1cnc(C(=O)NCCCc2ccccc2)cn1. The van der Waals surface area contributed by atoms with Gasteiger partial charge in [0.1, 0.15) is 17.3 Å². The smallest absolute Gasteiger partial charge is 0.271 e. The highest BCUT2D eigenvalue weighted by Gasteiger charge is 2.09. The fourth-order valence-electron chi connectivity index (χ4n) is 2.80. The van der Waals surface area contributed by atoms with E-state index in [-0.39, 0.29) is 5.91 Å². The average molecular weight is 376 g/mol. The number of hydrogen-bond donors (Lipinski definition) is 2. The third kappa shape index (κ3) is 5.30. The van der Waals surface area contributed by atoms with Gasteiger partial charge in [-0.05, 0) is 43.0 Å². The van der Waals surface area contributed by atoms with E-state index in [2.05, 4.69) is 32.7 Å². The van der Waals surface area contributed by atoms with E-state index in [1.165, 1.54) is 11.8 Å². The van der Waals surface area contributed by atoms with Gasteiger partial charge in [-0.2, -0.15) is 0 Å². The zero-order valence-corrected chi connectivity index (χ0v) is 16.1. The molecule has 2 N–H and O–H groups in total. The lowest BCUT2D eigenvalue weighted by molar-refractivity contribution is 0.0948. The largest absolute Gasteiger partial charge is 0.495 e. The van der Waals surface area contributed by atoms with Crippen molar-refractivity contribution in [1.29, 1.82) is 0 Å². The Labute approximate surface area is 165 Å². The highest BCUT2D eigenvalue weighted by molar-refractivity contribution is 5.92. The maximum atomic E-state index is 12.2. The molecule has 144 valence electrons. The quantitative estimate of drug-likeness (QED) is 0.583. The van der Waals surface area contributed by atoms with Gasteiger partial charge >= 0.3 is 0 Å². The fraction of sp³-hybridized carbons (Fsp3) is 0.227. The van der Waals surface area contributed by atoms with Crippen molar-refractivity contribution < 1.29 is 9.53 Å². The Kier molecular flexibility index (Phi) is 6.57. The monoisotopic (exact) mass is 376 g/mol. The van der Waals surface area contributed by atoms with E-state index in [0.29, 0.717) is 23.8 Å². The first-order chi connectivity index (χ1) is 13.7. The molecule has 0 aliphatic carbocycles. The summed E-state index contributed by atoms with van der Waals surface area (Å²) in [6, 6.07) is 16.0. The number of rotatable bonds is 8. The van der Waals surface area contributed by atoms with Crippen molar-refractivity contribution >= 4 is 17.4 Å². The van der Waals surface area contributed by atoms with Crippen LogP contribution >= 0.6 is 0 Å². The number of carbonyl (C=O) groups excluding carboxylic acids is 1. The first-order valence-electron chi connectivity index (χ1n) is 9.21. The van der Waals surface area contributed by atoms with Gasteiger partial charge in [0, 0.05) is 6.54 Å². The van der Waals surface area contributed by atoms with E-state index in [1.807, 2.05) is 43.3 Å². The molecule has 0 aliphatic rings. The number of amides is 1. The molecule has 28 heavy (non-hydrogen) atoms. The molecule has 0 aliphatic heterocycles. The molecule has 0 bridgehead atoms. The van der Waals surface area contributed by atoms with Crippen LogP contribution in [0, 0.1) is 6.92 Å². The van der Waals surface area contributed by atoms with E-state index in [9.17, 15) is 4.79 Å². The maximum Gasteiger partial charge on any atom is 0.271 e. The van der Waals surface area contributed by atoms with Gasteiger partial charge < -0.3 is 15.4 Å². The number of aromatic nitrogens is 2. The molecule has 0 fully saturated rings. The van der Waals surface area contributed by atoms with Crippen molar-refractivity contribution in [2.75, 3.05) is 19.0 Å². The number of methoxy groups -OCH3 is 1. The Morgan fingerprint density at radius 1 is 1.07 bits per heavy atom. The Hall–Kier alpha value is -3.41. The van der Waals surface area contributed by atoms with Crippen LogP contribution in [0.4, 0.5) is 11.5 Å². The van der Waals surface area contributed by atoms with Crippen LogP contribution in [-0.4, -0.2) is 29.5 Å². The lowest BCUT2D eigenvalue weighted by Crippen LogP contribution is -2.25. The van der Waals surface area contributed by atoms with Gasteiger partial charge in [0.05, 0.1) is 25.2 Å². The van der Waals surface area contributed by atoms with E-state index in [0.717, 1.165) is 24.1 Å². The van der Waals surface area contributed by atoms with Gasteiger partial charge in [-0.3, -0.25) is 4.79 Å². The van der Waals surface area contributed by atoms with Crippen LogP contribution in [0.3, 0.4) is 0 Å². The number of aryl methyl sites for hydroxylation is 2. The molecule has 1 aromatic heterocycles. The van der Waals surface area contributed by atoms with Crippen molar-refractivity contribution in [3.05, 3.63) is 77.7 Å². The van der Waals surface area contributed by atoms with Crippen LogP contribution in [0.2, 0.25) is 0 Å². The highest BCUT2D eigenvalue weighted by atomic mass is 16.5. The van der Waals surface area contributed by atoms with Gasteiger partial charge in [0.2, 0.25) is 0 Å². The molecule has 2 aromatic carbocycles. The summed E-state index contributed by atoms with van der Waals surface area (Å²) >= 11 is 0. The van der Waals surface area contributed by atoms with Crippen LogP contribution in [0.1, 0.15) is 28.0 Å². The fourth-order valence-corrected chi connectivity index (χ4v) is 2.80. The van der Waals surface area contributed by atoms with Crippen LogP contribution in [-0.2, 0) is 6.42 Å². The Balaban J connectivity index is 1.52. The molecule has 1 heterocycles. The number of ether oxygens (including phenoxy) is 1. The first-order valence-corrected chi connectivity index (χ1v) is 9.21. The molecular weight excluding hydrogens is 352 g/mol. The zero-order chi connectivity index (χ0) is 19.8. The predicted molar refractivity (Wildman–Crippen MR) is 110 cm³/mol. The summed E-state index contributed by atoms with van der Waals surface area (Å²) in [4.78, 5) is 20.7. The lowest BCUT2D eigenvalue weighted by atomic mass is 10.1. The van der Waals surface area contributed by atoms with Crippen LogP contribution in [0.25, 0.3) is 0 Å². The van der Waals surface area contributed by atoms with Crippen molar-refractivity contribution in [2.24, 2.45) is 0 Å². The number of nitrogens with one attached hydrogen (secondary N) is 2. The van der Waals surface area contributed by atoms with Crippen LogP contribution < -0.4 is 15.4 Å². The summed E-state index contributed by atoms with van der Waals surface area (Å²) in [5.74, 6) is 1.04. The maximum absolute atomic E-state index is 12.2. The third-order valence-corrected chi connectivity index (χ3v) is 4.27. The molecular formula is C22H24N4O2. The van der Waals surface area contributed by atoms with Crippen molar-refractivity contribution in [3.63, 3.8) is 0 Å². The molecule has 0 atom stereocenters. The third-order valence-electron chi connectivity index (χ3n) is 4.27. The molecule has 3 aromatic rings. The summed E-state index contributed by atoms with van der Waals surface area (Å²) in [5.41, 5.74) is 3.46. The van der Waals surface area contributed by atoms with E-state index >= 15 is 0 Å². The van der Waals surface area contributed by atoms with Crippen LogP contribution in [0.5, 0.6) is 5.75 Å². The second-order valence-corrected chi connectivity index (χ2v) is 6.46. The second kappa shape index (κ2) is 9.50. The normalized spacial score (nSPS) is 10.4. The highest BCUT2D eigenvalue weighted by Crippen LogP contribution is 2.27. The Morgan fingerprint density at radius 3 is 2.61 bits per heavy atom. The topological polar surface area (TPSA) is 76.1 Å². The number of carbonyl (C=O) groups is 1. The van der Waals surface area contributed by atoms with Crippen molar-refractivity contribution in [2.45, 2.75) is 19.8 Å². The molecule has 0 unspecified atom stereocenters. The van der Waals surface area contributed by atoms with E-state index in [4.69, 9.17) is 4.74 Å². The predicted octanol–water partition coefficient (Wildman–Crippen LogP) is 3.90. The first kappa shape index (κ1) is 19.4. The van der Waals surface area contributed by atoms with Crippen molar-refractivity contribution in [1.82, 2.24) is 15.3 Å². The number of anilines is 2. The molecule has 1 amide bonds. The zero-order valence-electron chi connectivity index (χ0n) is 16.1. The molecule has 3 rings (SSSR count). The lowest BCUT2D eigenvalue weighted by Gasteiger charge is -2.11. The van der Waals surface area contributed by atoms with Gasteiger partial charge in [-0.25, -0.2) is 9.97 Å². The number of hydrogen-bond acceptors (Lipinski definition) is 5. The van der Waals surface area contributed by atoms with Gasteiger partial charge in [0.25, 0.3) is 5.91 Å².